The average molecular weight is 309 g/mol. The van der Waals surface area contributed by atoms with Crippen LogP contribution in [0.4, 0.5) is 0 Å². The number of carboxylic acid groups (broad SMARTS) is 1. The fourth-order valence-corrected chi connectivity index (χ4v) is 3.36. The van der Waals surface area contributed by atoms with Crippen molar-refractivity contribution >= 4 is 39.0 Å². The zero-order chi connectivity index (χ0) is 14.3. The standard InChI is InChI=1S/C12H9ClN4O2S/c1-6(12(18)19)17-11(14-15-16-17)10-9(13)7-4-2-3-5-8(7)20-10/h2-6H,1H3,(H,18,19). The predicted molar refractivity (Wildman–Crippen MR) is 76.0 cm³/mol. The number of hydrogen-bond acceptors (Lipinski definition) is 5. The number of fused-ring (bicyclic) bond motifs is 1. The number of aliphatic carboxylic acids is 1. The van der Waals surface area contributed by atoms with E-state index in [1.807, 2.05) is 24.3 Å². The monoisotopic (exact) mass is 308 g/mol. The van der Waals surface area contributed by atoms with Gasteiger partial charge in [-0.15, -0.1) is 16.4 Å². The van der Waals surface area contributed by atoms with Gasteiger partial charge in [-0.25, -0.2) is 9.48 Å². The highest BCUT2D eigenvalue weighted by molar-refractivity contribution is 7.23. The van der Waals surface area contributed by atoms with Gasteiger partial charge in [-0.3, -0.25) is 0 Å². The topological polar surface area (TPSA) is 80.9 Å². The molecule has 2 aromatic heterocycles. The Morgan fingerprint density at radius 3 is 2.90 bits per heavy atom. The molecule has 0 bridgehead atoms. The number of nitrogens with zero attached hydrogens (tertiary/aromatic N) is 4. The van der Waals surface area contributed by atoms with E-state index in [0.717, 1.165) is 10.1 Å². The number of carbonyl (C=O) groups is 1. The lowest BCUT2D eigenvalue weighted by molar-refractivity contribution is -0.140. The molecule has 1 aromatic carbocycles. The van der Waals surface area contributed by atoms with Crippen molar-refractivity contribution in [3.63, 3.8) is 0 Å². The lowest BCUT2D eigenvalue weighted by Gasteiger charge is -2.07. The number of hydrogen-bond donors (Lipinski definition) is 1. The first-order valence-corrected chi connectivity index (χ1v) is 6.97. The lowest BCUT2D eigenvalue weighted by atomic mass is 10.2. The highest BCUT2D eigenvalue weighted by Gasteiger charge is 2.23. The second-order valence-corrected chi connectivity index (χ2v) is 5.63. The third-order valence-corrected chi connectivity index (χ3v) is 4.63. The van der Waals surface area contributed by atoms with E-state index in [-0.39, 0.29) is 0 Å². The van der Waals surface area contributed by atoms with Crippen LogP contribution >= 0.6 is 22.9 Å². The van der Waals surface area contributed by atoms with Crippen molar-refractivity contribution in [1.29, 1.82) is 0 Å². The summed E-state index contributed by atoms with van der Waals surface area (Å²) in [6, 6.07) is 6.81. The Morgan fingerprint density at radius 1 is 1.45 bits per heavy atom. The van der Waals surface area contributed by atoms with Crippen LogP contribution in [-0.2, 0) is 4.79 Å². The van der Waals surface area contributed by atoms with Crippen LogP contribution in [0.3, 0.4) is 0 Å². The molecule has 3 aromatic rings. The van der Waals surface area contributed by atoms with E-state index in [1.54, 1.807) is 0 Å². The van der Waals surface area contributed by atoms with Gasteiger partial charge in [-0.2, -0.15) is 0 Å². The van der Waals surface area contributed by atoms with E-state index in [1.165, 1.54) is 22.9 Å². The molecule has 1 N–H and O–H groups in total. The zero-order valence-electron chi connectivity index (χ0n) is 10.3. The third-order valence-electron chi connectivity index (χ3n) is 2.96. The minimum atomic E-state index is -1.00. The van der Waals surface area contributed by atoms with Crippen LogP contribution in [0.1, 0.15) is 13.0 Å². The van der Waals surface area contributed by atoms with Gasteiger partial charge in [0.2, 0.25) is 0 Å². The molecule has 0 aliphatic rings. The summed E-state index contributed by atoms with van der Waals surface area (Å²) in [6.45, 7) is 1.52. The van der Waals surface area contributed by atoms with Crippen LogP contribution in [0.25, 0.3) is 20.8 Å². The van der Waals surface area contributed by atoms with E-state index in [9.17, 15) is 4.79 Å². The summed E-state index contributed by atoms with van der Waals surface area (Å²) in [5.41, 5.74) is 0. The number of aromatic nitrogens is 4. The SMILES string of the molecule is CC(C(=O)O)n1nnnc1-c1sc2ccccc2c1Cl. The first kappa shape index (κ1) is 13.0. The summed E-state index contributed by atoms with van der Waals surface area (Å²) in [7, 11) is 0. The maximum atomic E-state index is 11.1. The largest absolute Gasteiger partial charge is 0.480 e. The highest BCUT2D eigenvalue weighted by Crippen LogP contribution is 2.41. The van der Waals surface area contributed by atoms with Crippen LogP contribution in [0.15, 0.2) is 24.3 Å². The molecule has 0 aliphatic carbocycles. The van der Waals surface area contributed by atoms with Gasteiger partial charge in [0.15, 0.2) is 11.9 Å². The number of thiophene rings is 1. The van der Waals surface area contributed by atoms with Gasteiger partial charge in [-0.1, -0.05) is 29.8 Å². The van der Waals surface area contributed by atoms with E-state index in [0.29, 0.717) is 15.7 Å². The van der Waals surface area contributed by atoms with Crippen molar-refractivity contribution in [2.45, 2.75) is 13.0 Å². The normalized spacial score (nSPS) is 12.7. The molecule has 0 aliphatic heterocycles. The summed E-state index contributed by atoms with van der Waals surface area (Å²) in [4.78, 5) is 11.8. The molecular weight excluding hydrogens is 300 g/mol. The Morgan fingerprint density at radius 2 is 2.20 bits per heavy atom. The molecule has 0 saturated heterocycles. The van der Waals surface area contributed by atoms with Gasteiger partial charge < -0.3 is 5.11 Å². The van der Waals surface area contributed by atoms with Crippen molar-refractivity contribution in [1.82, 2.24) is 20.2 Å². The Balaban J connectivity index is 2.19. The smallest absolute Gasteiger partial charge is 0.328 e. The zero-order valence-corrected chi connectivity index (χ0v) is 11.9. The molecule has 1 atom stereocenters. The van der Waals surface area contributed by atoms with Crippen molar-refractivity contribution in [3.8, 4) is 10.7 Å². The number of halogens is 1. The fraction of sp³-hybridized carbons (Fsp3) is 0.167. The minimum absolute atomic E-state index is 0.367. The van der Waals surface area contributed by atoms with Crippen LogP contribution < -0.4 is 0 Å². The van der Waals surface area contributed by atoms with Gasteiger partial charge in [-0.05, 0) is 23.4 Å². The predicted octanol–water partition coefficient (Wildman–Crippen LogP) is 2.85. The summed E-state index contributed by atoms with van der Waals surface area (Å²) in [5.74, 6) is -0.637. The lowest BCUT2D eigenvalue weighted by Crippen LogP contribution is -2.17. The van der Waals surface area contributed by atoms with E-state index < -0.39 is 12.0 Å². The summed E-state index contributed by atoms with van der Waals surface area (Å²) in [6.07, 6.45) is 0. The Hall–Kier alpha value is -1.99. The molecule has 1 unspecified atom stereocenters. The second-order valence-electron chi connectivity index (χ2n) is 4.20. The fourth-order valence-electron chi connectivity index (χ4n) is 1.87. The van der Waals surface area contributed by atoms with Gasteiger partial charge in [0.25, 0.3) is 0 Å². The number of benzene rings is 1. The Bertz CT molecular complexity index is 798. The molecule has 0 saturated carbocycles. The molecule has 6 nitrogen and oxygen atoms in total. The Kier molecular flexibility index (Phi) is 3.15. The highest BCUT2D eigenvalue weighted by atomic mass is 35.5. The molecule has 0 spiro atoms. The molecule has 102 valence electrons. The molecule has 3 rings (SSSR count). The molecule has 0 radical (unpaired) electrons. The summed E-state index contributed by atoms with van der Waals surface area (Å²) >= 11 is 7.80. The average Bonchev–Trinajstić information content (AvgIpc) is 3.03. The molecular formula is C12H9ClN4O2S. The summed E-state index contributed by atoms with van der Waals surface area (Å²) < 4.78 is 2.27. The van der Waals surface area contributed by atoms with Gasteiger partial charge >= 0.3 is 5.97 Å². The maximum Gasteiger partial charge on any atom is 0.328 e. The molecule has 2 heterocycles. The third kappa shape index (κ3) is 1.95. The van der Waals surface area contributed by atoms with Gasteiger partial charge in [0.05, 0.1) is 9.90 Å². The molecule has 0 fully saturated rings. The van der Waals surface area contributed by atoms with Crippen LogP contribution in [0, 0.1) is 0 Å². The Labute approximate surface area is 122 Å². The molecule has 8 heteroatoms. The number of tetrazole rings is 1. The van der Waals surface area contributed by atoms with Gasteiger partial charge in [0, 0.05) is 10.1 Å². The quantitative estimate of drug-likeness (QED) is 0.804. The van der Waals surface area contributed by atoms with E-state index in [4.69, 9.17) is 16.7 Å². The molecule has 20 heavy (non-hydrogen) atoms. The molecule has 0 amide bonds. The van der Waals surface area contributed by atoms with Crippen LogP contribution in [0.5, 0.6) is 0 Å². The second kappa shape index (κ2) is 4.84. The number of carboxylic acids is 1. The van der Waals surface area contributed by atoms with Crippen molar-refractivity contribution in [2.75, 3.05) is 0 Å². The first-order valence-electron chi connectivity index (χ1n) is 5.77. The van der Waals surface area contributed by atoms with Crippen LogP contribution in [-0.4, -0.2) is 31.3 Å². The van der Waals surface area contributed by atoms with E-state index in [2.05, 4.69) is 15.5 Å². The van der Waals surface area contributed by atoms with Crippen LogP contribution in [0.2, 0.25) is 5.02 Å². The summed E-state index contributed by atoms with van der Waals surface area (Å²) in [5, 5.41) is 21.8. The van der Waals surface area contributed by atoms with Crippen molar-refractivity contribution in [2.24, 2.45) is 0 Å². The van der Waals surface area contributed by atoms with E-state index >= 15 is 0 Å². The first-order chi connectivity index (χ1) is 9.59. The minimum Gasteiger partial charge on any atom is -0.480 e. The maximum absolute atomic E-state index is 11.1. The van der Waals surface area contributed by atoms with Gasteiger partial charge in [0.1, 0.15) is 0 Å². The van der Waals surface area contributed by atoms with Crippen molar-refractivity contribution < 1.29 is 9.90 Å². The van der Waals surface area contributed by atoms with Crippen molar-refractivity contribution in [3.05, 3.63) is 29.3 Å². The number of rotatable bonds is 3.